The van der Waals surface area contributed by atoms with Gasteiger partial charge in [-0.2, -0.15) is 0 Å². The Balaban J connectivity index is 1.72. The van der Waals surface area contributed by atoms with E-state index in [-0.39, 0.29) is 12.6 Å². The van der Waals surface area contributed by atoms with E-state index in [9.17, 15) is 5.11 Å². The SMILES string of the molecule is Cc1ccc(OC[C@H](O)CN[C@H](C)c2ccccc2)cc1. The Morgan fingerprint density at radius 2 is 1.71 bits per heavy atom. The van der Waals surface area contributed by atoms with Crippen LogP contribution in [0.4, 0.5) is 0 Å². The zero-order valence-corrected chi connectivity index (χ0v) is 12.6. The highest BCUT2D eigenvalue weighted by molar-refractivity contribution is 5.26. The highest BCUT2D eigenvalue weighted by atomic mass is 16.5. The number of aryl methyl sites for hydroxylation is 1. The molecule has 0 unspecified atom stereocenters. The predicted octanol–water partition coefficient (Wildman–Crippen LogP) is 3.09. The van der Waals surface area contributed by atoms with Gasteiger partial charge >= 0.3 is 0 Å². The maximum atomic E-state index is 9.97. The molecule has 2 aromatic carbocycles. The summed E-state index contributed by atoms with van der Waals surface area (Å²) in [5, 5.41) is 13.3. The molecule has 2 N–H and O–H groups in total. The fraction of sp³-hybridized carbons (Fsp3) is 0.333. The van der Waals surface area contributed by atoms with Gasteiger partial charge in [0.25, 0.3) is 0 Å². The molecule has 3 heteroatoms. The van der Waals surface area contributed by atoms with Crippen molar-refractivity contribution in [2.24, 2.45) is 0 Å². The van der Waals surface area contributed by atoms with Crippen LogP contribution in [0.25, 0.3) is 0 Å². The van der Waals surface area contributed by atoms with Crippen molar-refractivity contribution in [3.05, 3.63) is 65.7 Å². The van der Waals surface area contributed by atoms with E-state index in [1.165, 1.54) is 11.1 Å². The molecule has 0 aliphatic rings. The molecule has 2 aromatic rings. The molecule has 0 saturated carbocycles. The van der Waals surface area contributed by atoms with E-state index in [4.69, 9.17) is 4.74 Å². The first-order valence-corrected chi connectivity index (χ1v) is 7.31. The largest absolute Gasteiger partial charge is 0.491 e. The molecule has 0 aromatic heterocycles. The van der Waals surface area contributed by atoms with Crippen LogP contribution < -0.4 is 10.1 Å². The van der Waals surface area contributed by atoms with E-state index in [1.807, 2.05) is 49.4 Å². The van der Waals surface area contributed by atoms with Crippen molar-refractivity contribution in [2.45, 2.75) is 26.0 Å². The molecular formula is C18H23NO2. The molecule has 2 rings (SSSR count). The van der Waals surface area contributed by atoms with Crippen LogP contribution in [-0.2, 0) is 0 Å². The minimum absolute atomic E-state index is 0.209. The van der Waals surface area contributed by atoms with Crippen LogP contribution in [0, 0.1) is 6.92 Å². The third-order valence-corrected chi connectivity index (χ3v) is 3.42. The Labute approximate surface area is 126 Å². The zero-order chi connectivity index (χ0) is 15.1. The first kappa shape index (κ1) is 15.5. The lowest BCUT2D eigenvalue weighted by atomic mass is 10.1. The standard InChI is InChI=1S/C18H23NO2/c1-14-8-10-18(11-9-14)21-13-17(20)12-19-15(2)16-6-4-3-5-7-16/h3-11,15,17,19-20H,12-13H2,1-2H3/t15-,17-/m1/s1. The lowest BCUT2D eigenvalue weighted by molar-refractivity contribution is 0.104. The van der Waals surface area contributed by atoms with Crippen molar-refractivity contribution in [3.8, 4) is 5.75 Å². The normalized spacial score (nSPS) is 13.7. The molecule has 112 valence electrons. The molecule has 2 atom stereocenters. The van der Waals surface area contributed by atoms with Gasteiger partial charge in [-0.1, -0.05) is 48.0 Å². The van der Waals surface area contributed by atoms with Gasteiger partial charge < -0.3 is 15.2 Å². The first-order valence-electron chi connectivity index (χ1n) is 7.31. The number of nitrogens with one attached hydrogen (secondary N) is 1. The topological polar surface area (TPSA) is 41.5 Å². The Hall–Kier alpha value is -1.84. The van der Waals surface area contributed by atoms with Gasteiger partial charge in [-0.3, -0.25) is 0 Å². The minimum Gasteiger partial charge on any atom is -0.491 e. The molecule has 3 nitrogen and oxygen atoms in total. The van der Waals surface area contributed by atoms with Crippen LogP contribution in [0.1, 0.15) is 24.1 Å². The van der Waals surface area contributed by atoms with E-state index < -0.39 is 6.10 Å². The molecular weight excluding hydrogens is 262 g/mol. The zero-order valence-electron chi connectivity index (χ0n) is 12.6. The molecule has 0 aliphatic carbocycles. The smallest absolute Gasteiger partial charge is 0.119 e. The van der Waals surface area contributed by atoms with Gasteiger partial charge in [0.2, 0.25) is 0 Å². The summed E-state index contributed by atoms with van der Waals surface area (Å²) in [4.78, 5) is 0. The Kier molecular flexibility index (Phi) is 5.78. The number of ether oxygens (including phenoxy) is 1. The molecule has 0 heterocycles. The van der Waals surface area contributed by atoms with E-state index in [0.29, 0.717) is 6.54 Å². The number of aliphatic hydroxyl groups excluding tert-OH is 1. The maximum absolute atomic E-state index is 9.97. The summed E-state index contributed by atoms with van der Waals surface area (Å²) < 4.78 is 5.57. The molecule has 0 bridgehead atoms. The van der Waals surface area contributed by atoms with Gasteiger partial charge in [0.1, 0.15) is 18.5 Å². The van der Waals surface area contributed by atoms with Gasteiger partial charge in [0.05, 0.1) is 0 Å². The quantitative estimate of drug-likeness (QED) is 0.821. The van der Waals surface area contributed by atoms with Crippen LogP contribution >= 0.6 is 0 Å². The predicted molar refractivity (Wildman–Crippen MR) is 85.5 cm³/mol. The second-order valence-corrected chi connectivity index (χ2v) is 5.32. The monoisotopic (exact) mass is 285 g/mol. The van der Waals surface area contributed by atoms with E-state index in [0.717, 1.165) is 5.75 Å². The fourth-order valence-electron chi connectivity index (χ4n) is 2.06. The van der Waals surface area contributed by atoms with Crippen LogP contribution in [0.3, 0.4) is 0 Å². The van der Waals surface area contributed by atoms with Gasteiger partial charge in [-0.15, -0.1) is 0 Å². The van der Waals surface area contributed by atoms with Gasteiger partial charge in [-0.05, 0) is 31.5 Å². The van der Waals surface area contributed by atoms with E-state index in [1.54, 1.807) is 0 Å². The van der Waals surface area contributed by atoms with Crippen LogP contribution in [0.15, 0.2) is 54.6 Å². The van der Waals surface area contributed by atoms with Crippen molar-refractivity contribution >= 4 is 0 Å². The Bertz CT molecular complexity index is 525. The summed E-state index contributed by atoms with van der Waals surface area (Å²) in [6, 6.07) is 18.2. The highest BCUT2D eigenvalue weighted by Gasteiger charge is 2.09. The summed E-state index contributed by atoms with van der Waals surface area (Å²) in [6.07, 6.45) is -0.530. The third-order valence-electron chi connectivity index (χ3n) is 3.42. The molecule has 0 amide bonds. The number of benzene rings is 2. The molecule has 0 radical (unpaired) electrons. The average molecular weight is 285 g/mol. The highest BCUT2D eigenvalue weighted by Crippen LogP contribution is 2.12. The summed E-state index contributed by atoms with van der Waals surface area (Å²) in [6.45, 7) is 4.91. The second-order valence-electron chi connectivity index (χ2n) is 5.32. The van der Waals surface area contributed by atoms with Crippen LogP contribution in [0.5, 0.6) is 5.75 Å². The second kappa shape index (κ2) is 7.81. The maximum Gasteiger partial charge on any atom is 0.119 e. The molecule has 0 fully saturated rings. The molecule has 0 aliphatic heterocycles. The number of hydrogen-bond acceptors (Lipinski definition) is 3. The molecule has 21 heavy (non-hydrogen) atoms. The summed E-state index contributed by atoms with van der Waals surface area (Å²) in [5.74, 6) is 0.788. The number of aliphatic hydroxyl groups is 1. The van der Waals surface area contributed by atoms with E-state index >= 15 is 0 Å². The first-order chi connectivity index (χ1) is 10.1. The Morgan fingerprint density at radius 1 is 1.05 bits per heavy atom. The number of rotatable bonds is 7. The summed E-state index contributed by atoms with van der Waals surface area (Å²) in [5.41, 5.74) is 2.41. The van der Waals surface area contributed by atoms with Crippen molar-refractivity contribution in [1.29, 1.82) is 0 Å². The summed E-state index contributed by atoms with van der Waals surface area (Å²) in [7, 11) is 0. The van der Waals surface area contributed by atoms with Gasteiger partial charge in [0, 0.05) is 12.6 Å². The minimum atomic E-state index is -0.530. The lowest BCUT2D eigenvalue weighted by Gasteiger charge is -2.18. The van der Waals surface area contributed by atoms with Crippen molar-refractivity contribution in [1.82, 2.24) is 5.32 Å². The average Bonchev–Trinajstić information content (AvgIpc) is 2.53. The fourth-order valence-corrected chi connectivity index (χ4v) is 2.06. The van der Waals surface area contributed by atoms with E-state index in [2.05, 4.69) is 24.4 Å². The molecule has 0 saturated heterocycles. The van der Waals surface area contributed by atoms with Crippen molar-refractivity contribution in [2.75, 3.05) is 13.2 Å². The van der Waals surface area contributed by atoms with Gasteiger partial charge in [-0.25, -0.2) is 0 Å². The van der Waals surface area contributed by atoms with Crippen molar-refractivity contribution in [3.63, 3.8) is 0 Å². The van der Waals surface area contributed by atoms with Gasteiger partial charge in [0.15, 0.2) is 0 Å². The summed E-state index contributed by atoms with van der Waals surface area (Å²) >= 11 is 0. The number of hydrogen-bond donors (Lipinski definition) is 2. The third kappa shape index (κ3) is 5.21. The van der Waals surface area contributed by atoms with Crippen LogP contribution in [-0.4, -0.2) is 24.4 Å². The lowest BCUT2D eigenvalue weighted by Crippen LogP contribution is -2.33. The Morgan fingerprint density at radius 3 is 2.38 bits per heavy atom. The molecule has 0 spiro atoms. The van der Waals surface area contributed by atoms with Crippen LogP contribution in [0.2, 0.25) is 0 Å². The van der Waals surface area contributed by atoms with Crippen molar-refractivity contribution < 1.29 is 9.84 Å².